The largest absolute Gasteiger partial charge is 0.323 e. The van der Waals surface area contributed by atoms with Crippen molar-refractivity contribution in [2.75, 3.05) is 13.1 Å². The van der Waals surface area contributed by atoms with E-state index in [0.29, 0.717) is 6.04 Å². The molecule has 16 heavy (non-hydrogen) atoms. The van der Waals surface area contributed by atoms with E-state index in [4.69, 9.17) is 5.73 Å². The average molecular weight is 220 g/mol. The molecule has 2 N–H and O–H groups in total. The lowest BCUT2D eigenvalue weighted by molar-refractivity contribution is 0.194. The highest BCUT2D eigenvalue weighted by atomic mass is 15.2. The van der Waals surface area contributed by atoms with Gasteiger partial charge >= 0.3 is 0 Å². The zero-order valence-corrected chi connectivity index (χ0v) is 10.7. The maximum absolute atomic E-state index is 6.30. The number of nitrogens with two attached hydrogens (primary N) is 1. The number of nitrogens with zero attached hydrogens (tertiary/aromatic N) is 1. The summed E-state index contributed by atoms with van der Waals surface area (Å²) in [5, 5.41) is 0. The van der Waals surface area contributed by atoms with E-state index >= 15 is 0 Å². The molecule has 2 atom stereocenters. The second-order valence-corrected chi connectivity index (χ2v) is 4.31. The number of rotatable bonds is 6. The highest BCUT2D eigenvalue weighted by Gasteiger charge is 2.19. The zero-order chi connectivity index (χ0) is 12.0. The Morgan fingerprint density at radius 3 is 2.31 bits per heavy atom. The molecule has 0 aliphatic carbocycles. The minimum atomic E-state index is 0.104. The van der Waals surface area contributed by atoms with Gasteiger partial charge in [-0.25, -0.2) is 0 Å². The molecule has 0 spiro atoms. The van der Waals surface area contributed by atoms with Crippen molar-refractivity contribution in [3.8, 4) is 0 Å². The van der Waals surface area contributed by atoms with E-state index in [1.165, 1.54) is 12.0 Å². The highest BCUT2D eigenvalue weighted by Crippen LogP contribution is 2.18. The topological polar surface area (TPSA) is 29.3 Å². The molecule has 90 valence electrons. The first-order chi connectivity index (χ1) is 7.70. The minimum absolute atomic E-state index is 0.104. The number of benzene rings is 1. The van der Waals surface area contributed by atoms with Gasteiger partial charge in [0.25, 0.3) is 0 Å². The van der Waals surface area contributed by atoms with Crippen molar-refractivity contribution in [3.05, 3.63) is 35.9 Å². The van der Waals surface area contributed by atoms with Gasteiger partial charge in [-0.3, -0.25) is 4.90 Å². The Kier molecular flexibility index (Phi) is 5.50. The Labute approximate surface area is 99.5 Å². The number of likely N-dealkylation sites (N-methyl/N-ethyl adjacent to an activating group) is 1. The molecule has 2 nitrogen and oxygen atoms in total. The average Bonchev–Trinajstić information content (AvgIpc) is 2.35. The van der Waals surface area contributed by atoms with Crippen LogP contribution in [0.15, 0.2) is 30.3 Å². The van der Waals surface area contributed by atoms with Crippen molar-refractivity contribution in [2.24, 2.45) is 5.73 Å². The van der Waals surface area contributed by atoms with E-state index in [9.17, 15) is 0 Å². The van der Waals surface area contributed by atoms with Crippen LogP contribution in [-0.4, -0.2) is 24.0 Å². The van der Waals surface area contributed by atoms with Crippen LogP contribution >= 0.6 is 0 Å². The summed E-state index contributed by atoms with van der Waals surface area (Å²) in [5.74, 6) is 0. The van der Waals surface area contributed by atoms with E-state index in [0.717, 1.165) is 13.1 Å². The first-order valence-corrected chi connectivity index (χ1v) is 6.25. The van der Waals surface area contributed by atoms with Gasteiger partial charge in [-0.2, -0.15) is 0 Å². The molecule has 0 fully saturated rings. The smallest absolute Gasteiger partial charge is 0.0450 e. The molecule has 0 aromatic heterocycles. The van der Waals surface area contributed by atoms with E-state index in [-0.39, 0.29) is 6.04 Å². The van der Waals surface area contributed by atoms with E-state index in [1.54, 1.807) is 0 Å². The monoisotopic (exact) mass is 220 g/mol. The summed E-state index contributed by atoms with van der Waals surface area (Å²) in [6, 6.07) is 10.9. The lowest BCUT2D eigenvalue weighted by Gasteiger charge is -2.32. The fourth-order valence-electron chi connectivity index (χ4n) is 2.12. The normalized spacial score (nSPS) is 15.1. The molecular weight excluding hydrogens is 196 g/mol. The van der Waals surface area contributed by atoms with Crippen molar-refractivity contribution in [3.63, 3.8) is 0 Å². The van der Waals surface area contributed by atoms with Crippen molar-refractivity contribution in [1.29, 1.82) is 0 Å². The molecule has 0 saturated carbocycles. The molecule has 0 radical (unpaired) electrons. The van der Waals surface area contributed by atoms with Crippen LogP contribution in [0.1, 0.15) is 38.8 Å². The molecular formula is C14H24N2. The van der Waals surface area contributed by atoms with Gasteiger partial charge in [0.1, 0.15) is 0 Å². The van der Waals surface area contributed by atoms with Crippen LogP contribution in [0.3, 0.4) is 0 Å². The molecule has 2 unspecified atom stereocenters. The van der Waals surface area contributed by atoms with E-state index in [1.807, 2.05) is 6.07 Å². The fraction of sp³-hybridized carbons (Fsp3) is 0.571. The minimum Gasteiger partial charge on any atom is -0.323 e. The molecule has 1 aromatic rings. The SMILES string of the molecule is CCCN(CC)C(C)C(N)c1ccccc1. The number of hydrogen-bond donors (Lipinski definition) is 1. The van der Waals surface area contributed by atoms with E-state index in [2.05, 4.69) is 49.9 Å². The first-order valence-electron chi connectivity index (χ1n) is 6.25. The Balaban J connectivity index is 2.69. The van der Waals surface area contributed by atoms with Gasteiger partial charge in [0.05, 0.1) is 0 Å². The molecule has 2 heteroatoms. The maximum Gasteiger partial charge on any atom is 0.0450 e. The molecule has 1 aromatic carbocycles. The van der Waals surface area contributed by atoms with Crippen molar-refractivity contribution in [1.82, 2.24) is 4.90 Å². The second kappa shape index (κ2) is 6.66. The summed E-state index contributed by atoms with van der Waals surface area (Å²) in [5.41, 5.74) is 7.53. The third-order valence-electron chi connectivity index (χ3n) is 3.20. The van der Waals surface area contributed by atoms with Crippen molar-refractivity contribution < 1.29 is 0 Å². The third kappa shape index (κ3) is 3.32. The molecule has 0 aliphatic rings. The molecule has 0 saturated heterocycles. The highest BCUT2D eigenvalue weighted by molar-refractivity contribution is 5.19. The van der Waals surface area contributed by atoms with E-state index < -0.39 is 0 Å². The summed E-state index contributed by atoms with van der Waals surface area (Å²) in [7, 11) is 0. The van der Waals surface area contributed by atoms with Gasteiger partial charge in [-0.1, -0.05) is 44.2 Å². The van der Waals surface area contributed by atoms with Crippen LogP contribution in [0.4, 0.5) is 0 Å². The second-order valence-electron chi connectivity index (χ2n) is 4.31. The zero-order valence-electron chi connectivity index (χ0n) is 10.7. The Morgan fingerprint density at radius 1 is 1.19 bits per heavy atom. The predicted molar refractivity (Wildman–Crippen MR) is 70.4 cm³/mol. The lowest BCUT2D eigenvalue weighted by atomic mass is 10.00. The predicted octanol–water partition coefficient (Wildman–Crippen LogP) is 2.81. The van der Waals surface area contributed by atoms with Crippen LogP contribution in [0.2, 0.25) is 0 Å². The summed E-state index contributed by atoms with van der Waals surface area (Å²) in [6.45, 7) is 8.82. The molecule has 1 rings (SSSR count). The molecule has 0 heterocycles. The first kappa shape index (κ1) is 13.2. The van der Waals surface area contributed by atoms with Gasteiger partial charge in [0.2, 0.25) is 0 Å². The van der Waals surface area contributed by atoms with Crippen LogP contribution in [0.5, 0.6) is 0 Å². The quantitative estimate of drug-likeness (QED) is 0.798. The van der Waals surface area contributed by atoms with Crippen LogP contribution < -0.4 is 5.73 Å². The molecule has 0 bridgehead atoms. The fourth-order valence-corrected chi connectivity index (χ4v) is 2.12. The summed E-state index contributed by atoms with van der Waals surface area (Å²) in [4.78, 5) is 2.44. The van der Waals surface area contributed by atoms with Crippen LogP contribution in [0, 0.1) is 0 Å². The maximum atomic E-state index is 6.30. The van der Waals surface area contributed by atoms with Crippen LogP contribution in [-0.2, 0) is 0 Å². The molecule has 0 aliphatic heterocycles. The van der Waals surface area contributed by atoms with Gasteiger partial charge in [0, 0.05) is 12.1 Å². The Hall–Kier alpha value is -0.860. The molecule has 0 amide bonds. The number of hydrogen-bond acceptors (Lipinski definition) is 2. The third-order valence-corrected chi connectivity index (χ3v) is 3.20. The van der Waals surface area contributed by atoms with Crippen molar-refractivity contribution in [2.45, 2.75) is 39.3 Å². The van der Waals surface area contributed by atoms with Gasteiger partial charge in [-0.05, 0) is 32.0 Å². The van der Waals surface area contributed by atoms with Gasteiger partial charge < -0.3 is 5.73 Å². The standard InChI is InChI=1S/C14H24N2/c1-4-11-16(5-2)12(3)14(15)13-9-7-6-8-10-13/h6-10,12,14H,4-5,11,15H2,1-3H3. The lowest BCUT2D eigenvalue weighted by Crippen LogP contribution is -2.41. The van der Waals surface area contributed by atoms with Gasteiger partial charge in [-0.15, -0.1) is 0 Å². The Bertz CT molecular complexity index is 284. The summed E-state index contributed by atoms with van der Waals surface area (Å²) < 4.78 is 0. The van der Waals surface area contributed by atoms with Gasteiger partial charge in [0.15, 0.2) is 0 Å². The van der Waals surface area contributed by atoms with Crippen molar-refractivity contribution >= 4 is 0 Å². The van der Waals surface area contributed by atoms with Crippen LogP contribution in [0.25, 0.3) is 0 Å². The Morgan fingerprint density at radius 2 is 1.81 bits per heavy atom. The summed E-state index contributed by atoms with van der Waals surface area (Å²) >= 11 is 0. The summed E-state index contributed by atoms with van der Waals surface area (Å²) in [6.07, 6.45) is 1.18.